The van der Waals surface area contributed by atoms with E-state index < -0.39 is 28.0 Å². The summed E-state index contributed by atoms with van der Waals surface area (Å²) in [5, 5.41) is 19.0. The molecule has 0 fully saturated rings. The molecular formula is C30H31Cl2N5O5S. The highest BCUT2D eigenvalue weighted by atomic mass is 35.5. The summed E-state index contributed by atoms with van der Waals surface area (Å²) >= 11 is 12.8. The molecule has 1 aliphatic heterocycles. The van der Waals surface area contributed by atoms with E-state index in [-0.39, 0.29) is 35.3 Å². The van der Waals surface area contributed by atoms with Gasteiger partial charge in [0.25, 0.3) is 0 Å². The predicted molar refractivity (Wildman–Crippen MR) is 162 cm³/mol. The summed E-state index contributed by atoms with van der Waals surface area (Å²) in [6, 6.07) is 7.22. The van der Waals surface area contributed by atoms with Crippen LogP contribution in [-0.4, -0.2) is 56.4 Å². The molecule has 3 heterocycles. The molecule has 226 valence electrons. The molecule has 1 aliphatic carbocycles. The molecule has 1 N–H and O–H groups in total. The molecule has 2 aromatic carbocycles. The lowest BCUT2D eigenvalue weighted by Crippen LogP contribution is -2.36. The molecule has 2 atom stereocenters. The number of aromatic nitrogens is 4. The highest BCUT2D eigenvalue weighted by Crippen LogP contribution is 2.40. The number of fused-ring (bicyclic) bond motifs is 3. The second-order valence-corrected chi connectivity index (χ2v) is 14.0. The average molecular weight is 645 g/mol. The zero-order valence-corrected chi connectivity index (χ0v) is 26.3. The Balaban J connectivity index is 1.47. The summed E-state index contributed by atoms with van der Waals surface area (Å²) in [6.07, 6.45) is 3.96. The number of aliphatic carboxylic acids is 1. The lowest BCUT2D eigenvalue weighted by molar-refractivity contribution is -0.137. The maximum absolute atomic E-state index is 14.0. The van der Waals surface area contributed by atoms with Crippen LogP contribution in [0.25, 0.3) is 11.0 Å². The van der Waals surface area contributed by atoms with Gasteiger partial charge in [-0.15, -0.1) is 5.10 Å². The second kappa shape index (κ2) is 11.4. The summed E-state index contributed by atoms with van der Waals surface area (Å²) in [7, 11) is -2.25. The van der Waals surface area contributed by atoms with E-state index in [9.17, 15) is 18.3 Å². The number of carbonyl (C=O) groups is 1. The van der Waals surface area contributed by atoms with E-state index in [0.717, 1.165) is 52.6 Å². The number of nitrogens with zero attached hydrogens (tertiary/aromatic N) is 5. The van der Waals surface area contributed by atoms with E-state index in [4.69, 9.17) is 27.9 Å². The van der Waals surface area contributed by atoms with E-state index >= 15 is 0 Å². The van der Waals surface area contributed by atoms with Gasteiger partial charge in [0.2, 0.25) is 15.9 Å². The first kappa shape index (κ1) is 29.8. The molecule has 0 radical (unpaired) electrons. The number of aryl methyl sites for hydroxylation is 3. The van der Waals surface area contributed by atoms with E-state index in [2.05, 4.69) is 21.4 Å². The normalized spacial score (nSPS) is 18.6. The molecule has 2 aliphatic rings. The molecule has 2 aromatic heterocycles. The lowest BCUT2D eigenvalue weighted by atomic mass is 9.83. The molecule has 0 saturated heterocycles. The van der Waals surface area contributed by atoms with Crippen LogP contribution in [0, 0.1) is 6.92 Å². The third-order valence-corrected chi connectivity index (χ3v) is 10.8. The van der Waals surface area contributed by atoms with Crippen molar-refractivity contribution in [1.82, 2.24) is 24.3 Å². The number of carboxylic acid groups (broad SMARTS) is 1. The number of benzene rings is 2. The second-order valence-electron chi connectivity index (χ2n) is 11.2. The first-order valence-corrected chi connectivity index (χ1v) is 16.3. The van der Waals surface area contributed by atoms with Crippen LogP contribution >= 0.6 is 23.2 Å². The van der Waals surface area contributed by atoms with E-state index in [0.29, 0.717) is 22.5 Å². The number of pyridine rings is 1. The Bertz CT molecular complexity index is 1880. The molecule has 43 heavy (non-hydrogen) atoms. The highest BCUT2D eigenvalue weighted by Gasteiger charge is 2.36. The average Bonchev–Trinajstić information content (AvgIpc) is 3.58. The Hall–Kier alpha value is -3.25. The molecule has 0 unspecified atom stereocenters. The van der Waals surface area contributed by atoms with Gasteiger partial charge in [0.1, 0.15) is 22.0 Å². The number of ether oxygens (including phenoxy) is 1. The predicted octanol–water partition coefficient (Wildman–Crippen LogP) is 5.44. The smallest absolute Gasteiger partial charge is 0.304 e. The van der Waals surface area contributed by atoms with Crippen LogP contribution in [0.4, 0.5) is 0 Å². The summed E-state index contributed by atoms with van der Waals surface area (Å²) in [5.41, 5.74) is 6.71. The molecule has 6 rings (SSSR count). The zero-order valence-electron chi connectivity index (χ0n) is 24.0. The van der Waals surface area contributed by atoms with E-state index in [1.807, 2.05) is 19.9 Å². The summed E-state index contributed by atoms with van der Waals surface area (Å²) in [6.45, 7) is 4.08. The van der Waals surface area contributed by atoms with E-state index in [1.165, 1.54) is 16.6 Å². The first-order valence-electron chi connectivity index (χ1n) is 14.1. The Labute approximate surface area is 259 Å². The summed E-state index contributed by atoms with van der Waals surface area (Å²) in [5.74, 6) is -1.45. The molecule has 0 saturated carbocycles. The summed E-state index contributed by atoms with van der Waals surface area (Å²) < 4.78 is 37.0. The van der Waals surface area contributed by atoms with Crippen molar-refractivity contribution in [3.8, 4) is 5.88 Å². The largest absolute Gasteiger partial charge is 0.481 e. The SMILES string of the molecule is CC[C@@H]1CN(Cc2cc([C@H](CC(=O)O)c3cc(Cl)c4c(nnn4C)c3C)cc3c2CCC3)S(=O)(=O)c2cc(Cl)cnc2O1. The number of sulfonamides is 1. The van der Waals surface area contributed by atoms with Crippen molar-refractivity contribution >= 4 is 50.2 Å². The van der Waals surface area contributed by atoms with Crippen LogP contribution in [0.15, 0.2) is 35.4 Å². The van der Waals surface area contributed by atoms with Crippen molar-refractivity contribution in [3.05, 3.63) is 73.9 Å². The zero-order chi connectivity index (χ0) is 30.6. The van der Waals surface area contributed by atoms with Crippen molar-refractivity contribution < 1.29 is 23.1 Å². The Morgan fingerprint density at radius 3 is 2.74 bits per heavy atom. The third kappa shape index (κ3) is 5.37. The number of halogens is 2. The standard InChI is InChI=1S/C30H31Cl2N5O5S/c1-4-21-15-37(43(40,41)26-10-20(31)13-33-30(26)42-21)14-19-9-18(8-17-6-5-7-22(17)19)24(12-27(38)39)23-11-25(32)29-28(16(23)2)34-35-36(29)3/h8-11,13,21,24H,4-7,12,14-15H2,1-3H3,(H,38,39)/t21-,24+/m1/s1. The van der Waals surface area contributed by atoms with Gasteiger partial charge in [-0.1, -0.05) is 47.5 Å². The molecule has 0 bridgehead atoms. The van der Waals surface area contributed by atoms with Gasteiger partial charge < -0.3 is 9.84 Å². The number of carboxylic acids is 1. The van der Waals surface area contributed by atoms with Gasteiger partial charge in [-0.2, -0.15) is 4.31 Å². The van der Waals surface area contributed by atoms with Gasteiger partial charge >= 0.3 is 5.97 Å². The van der Waals surface area contributed by atoms with Crippen molar-refractivity contribution in [2.75, 3.05) is 6.54 Å². The van der Waals surface area contributed by atoms with E-state index in [1.54, 1.807) is 17.8 Å². The molecule has 13 heteroatoms. The van der Waals surface area contributed by atoms with Crippen LogP contribution < -0.4 is 4.74 Å². The minimum absolute atomic E-state index is 0.0472. The Morgan fingerprint density at radius 2 is 2.00 bits per heavy atom. The van der Waals surface area contributed by atoms with Gasteiger partial charge in [0, 0.05) is 25.7 Å². The molecule has 0 spiro atoms. The first-order chi connectivity index (χ1) is 20.5. The monoisotopic (exact) mass is 643 g/mol. The van der Waals surface area contributed by atoms with Crippen LogP contribution in [0.3, 0.4) is 0 Å². The van der Waals surface area contributed by atoms with Gasteiger partial charge in [-0.3, -0.25) is 4.79 Å². The Morgan fingerprint density at radius 1 is 1.21 bits per heavy atom. The number of hydrogen-bond donors (Lipinski definition) is 1. The fourth-order valence-corrected chi connectivity index (χ4v) is 8.43. The van der Waals surface area contributed by atoms with Gasteiger partial charge in [0.15, 0.2) is 0 Å². The van der Waals surface area contributed by atoms with Crippen molar-refractivity contribution in [1.29, 1.82) is 0 Å². The van der Waals surface area contributed by atoms with Crippen molar-refractivity contribution in [2.24, 2.45) is 7.05 Å². The van der Waals surface area contributed by atoms with Crippen molar-refractivity contribution in [3.63, 3.8) is 0 Å². The van der Waals surface area contributed by atoms with Gasteiger partial charge in [0.05, 0.1) is 23.0 Å². The molecular weight excluding hydrogens is 613 g/mol. The quantitative estimate of drug-likeness (QED) is 0.282. The van der Waals surface area contributed by atoms with Crippen LogP contribution in [0.1, 0.15) is 65.5 Å². The highest BCUT2D eigenvalue weighted by molar-refractivity contribution is 7.89. The van der Waals surface area contributed by atoms with Gasteiger partial charge in [-0.05, 0) is 78.1 Å². The number of rotatable bonds is 7. The van der Waals surface area contributed by atoms with Crippen LogP contribution in [0.2, 0.25) is 10.0 Å². The molecule has 0 amide bonds. The van der Waals surface area contributed by atoms with Crippen LogP contribution in [-0.2, 0) is 41.3 Å². The maximum Gasteiger partial charge on any atom is 0.304 e. The maximum atomic E-state index is 14.0. The van der Waals surface area contributed by atoms with Crippen LogP contribution in [0.5, 0.6) is 5.88 Å². The third-order valence-electron chi connectivity index (χ3n) is 8.50. The molecule has 4 aromatic rings. The Kier molecular flexibility index (Phi) is 7.87. The minimum atomic E-state index is -4.01. The fourth-order valence-electron chi connectivity index (χ4n) is 6.33. The summed E-state index contributed by atoms with van der Waals surface area (Å²) in [4.78, 5) is 16.3. The minimum Gasteiger partial charge on any atom is -0.481 e. The fraction of sp³-hybridized carbons (Fsp3) is 0.400. The van der Waals surface area contributed by atoms with Gasteiger partial charge in [-0.25, -0.2) is 18.1 Å². The lowest BCUT2D eigenvalue weighted by Gasteiger charge is -2.25. The van der Waals surface area contributed by atoms with Crippen molar-refractivity contribution in [2.45, 2.75) is 69.4 Å². The topological polar surface area (TPSA) is 128 Å². The molecule has 10 nitrogen and oxygen atoms in total. The number of hydrogen-bond acceptors (Lipinski definition) is 7.